The lowest BCUT2D eigenvalue weighted by Crippen LogP contribution is -2.09. The third-order valence-corrected chi connectivity index (χ3v) is 2.79. The molecule has 0 aliphatic carbocycles. The van der Waals surface area contributed by atoms with Crippen molar-refractivity contribution in [3.05, 3.63) is 52.9 Å². The van der Waals surface area contributed by atoms with E-state index in [4.69, 9.17) is 4.74 Å². The summed E-state index contributed by atoms with van der Waals surface area (Å²) < 4.78 is 33.0. The van der Waals surface area contributed by atoms with Gasteiger partial charge in [-0.25, -0.2) is 13.6 Å². The van der Waals surface area contributed by atoms with Gasteiger partial charge in [0.05, 0.1) is 13.2 Å². The lowest BCUT2D eigenvalue weighted by atomic mass is 10.2. The van der Waals surface area contributed by atoms with Gasteiger partial charge in [-0.1, -0.05) is 0 Å². The van der Waals surface area contributed by atoms with Crippen LogP contribution in [0.1, 0.15) is 28.7 Å². The SMILES string of the molecule is CCOC(=O)c1cc(C)n(Cc2cc(F)ccc2F)n1. The second-order valence-electron chi connectivity index (χ2n) is 4.28. The molecule has 0 atom stereocenters. The summed E-state index contributed by atoms with van der Waals surface area (Å²) in [5.74, 6) is -1.56. The first kappa shape index (κ1) is 14.2. The molecule has 2 rings (SSSR count). The molecule has 2 aromatic rings. The fourth-order valence-electron chi connectivity index (χ4n) is 1.80. The zero-order valence-electron chi connectivity index (χ0n) is 11.2. The van der Waals surface area contributed by atoms with E-state index in [9.17, 15) is 13.6 Å². The molecule has 4 nitrogen and oxygen atoms in total. The van der Waals surface area contributed by atoms with Gasteiger partial charge in [0.25, 0.3) is 0 Å². The summed E-state index contributed by atoms with van der Waals surface area (Å²) in [4.78, 5) is 11.6. The Hall–Kier alpha value is -2.24. The number of benzene rings is 1. The maximum absolute atomic E-state index is 13.6. The lowest BCUT2D eigenvalue weighted by molar-refractivity contribution is 0.0518. The van der Waals surface area contributed by atoms with Crippen molar-refractivity contribution < 1.29 is 18.3 Å². The summed E-state index contributed by atoms with van der Waals surface area (Å²) in [5.41, 5.74) is 0.990. The Balaban J connectivity index is 2.25. The summed E-state index contributed by atoms with van der Waals surface area (Å²) in [6.45, 7) is 3.73. The van der Waals surface area contributed by atoms with Crippen LogP contribution in [0.4, 0.5) is 8.78 Å². The molecule has 0 saturated heterocycles. The van der Waals surface area contributed by atoms with Crippen molar-refractivity contribution in [1.29, 1.82) is 0 Å². The van der Waals surface area contributed by atoms with Crippen molar-refractivity contribution in [1.82, 2.24) is 9.78 Å². The van der Waals surface area contributed by atoms with Gasteiger partial charge >= 0.3 is 5.97 Å². The highest BCUT2D eigenvalue weighted by atomic mass is 19.1. The van der Waals surface area contributed by atoms with Crippen LogP contribution in [0.5, 0.6) is 0 Å². The Morgan fingerprint density at radius 1 is 1.35 bits per heavy atom. The summed E-state index contributed by atoms with van der Waals surface area (Å²) in [5, 5.41) is 4.05. The fraction of sp³-hybridized carbons (Fsp3) is 0.286. The van der Waals surface area contributed by atoms with Gasteiger partial charge in [0.15, 0.2) is 5.69 Å². The third kappa shape index (κ3) is 3.01. The van der Waals surface area contributed by atoms with E-state index < -0.39 is 17.6 Å². The Labute approximate surface area is 115 Å². The van der Waals surface area contributed by atoms with Crippen molar-refractivity contribution >= 4 is 5.97 Å². The van der Waals surface area contributed by atoms with E-state index in [1.54, 1.807) is 19.9 Å². The summed E-state index contributed by atoms with van der Waals surface area (Å²) in [7, 11) is 0. The smallest absolute Gasteiger partial charge is 0.358 e. The molecule has 0 aliphatic rings. The number of hydrogen-bond donors (Lipinski definition) is 0. The predicted octanol–water partition coefficient (Wildman–Crippen LogP) is 2.69. The van der Waals surface area contributed by atoms with Crippen molar-refractivity contribution in [3.8, 4) is 0 Å². The van der Waals surface area contributed by atoms with E-state index in [-0.39, 0.29) is 24.4 Å². The first-order valence-electron chi connectivity index (χ1n) is 6.16. The molecule has 0 saturated carbocycles. The highest BCUT2D eigenvalue weighted by molar-refractivity contribution is 5.87. The van der Waals surface area contributed by atoms with Crippen molar-refractivity contribution in [2.24, 2.45) is 0 Å². The molecule has 20 heavy (non-hydrogen) atoms. The number of carbonyl (C=O) groups excluding carboxylic acids is 1. The lowest BCUT2D eigenvalue weighted by Gasteiger charge is -2.06. The van der Waals surface area contributed by atoms with Gasteiger partial charge in [-0.2, -0.15) is 5.10 Å². The largest absolute Gasteiger partial charge is 0.461 e. The average molecular weight is 280 g/mol. The molecule has 0 aliphatic heterocycles. The van der Waals surface area contributed by atoms with Crippen LogP contribution in [-0.4, -0.2) is 22.4 Å². The first-order valence-corrected chi connectivity index (χ1v) is 6.16. The molecule has 1 aromatic heterocycles. The highest BCUT2D eigenvalue weighted by Crippen LogP contribution is 2.13. The Morgan fingerprint density at radius 2 is 2.10 bits per heavy atom. The second-order valence-corrected chi connectivity index (χ2v) is 4.28. The number of aromatic nitrogens is 2. The molecule has 0 N–H and O–H groups in total. The minimum atomic E-state index is -0.533. The molecule has 0 radical (unpaired) electrons. The van der Waals surface area contributed by atoms with Crippen LogP contribution in [0.15, 0.2) is 24.3 Å². The molecule has 6 heteroatoms. The topological polar surface area (TPSA) is 44.1 Å². The molecular weight excluding hydrogens is 266 g/mol. The minimum Gasteiger partial charge on any atom is -0.461 e. The average Bonchev–Trinajstić information content (AvgIpc) is 2.76. The van der Waals surface area contributed by atoms with Gasteiger partial charge < -0.3 is 4.74 Å². The Morgan fingerprint density at radius 3 is 2.80 bits per heavy atom. The molecule has 1 aromatic carbocycles. The van der Waals surface area contributed by atoms with E-state index >= 15 is 0 Å². The number of ether oxygens (including phenoxy) is 1. The van der Waals surface area contributed by atoms with Crippen LogP contribution < -0.4 is 0 Å². The maximum Gasteiger partial charge on any atom is 0.358 e. The third-order valence-electron chi connectivity index (χ3n) is 2.79. The molecular formula is C14H14F2N2O2. The van der Waals surface area contributed by atoms with E-state index in [1.807, 2.05) is 0 Å². The molecule has 1 heterocycles. The van der Waals surface area contributed by atoms with Crippen LogP contribution in [0, 0.1) is 18.6 Å². The Kier molecular flexibility index (Phi) is 4.12. The van der Waals surface area contributed by atoms with Gasteiger partial charge in [-0.3, -0.25) is 4.68 Å². The van der Waals surface area contributed by atoms with Gasteiger partial charge in [-0.05, 0) is 38.1 Å². The molecule has 106 valence electrons. The van der Waals surface area contributed by atoms with E-state index in [1.165, 1.54) is 4.68 Å². The summed E-state index contributed by atoms with van der Waals surface area (Å²) in [6.07, 6.45) is 0. The standard InChI is InChI=1S/C14H14F2N2O2/c1-3-20-14(19)13-6-9(2)18(17-13)8-10-7-11(15)4-5-12(10)16/h4-7H,3,8H2,1-2H3. The number of nitrogens with zero attached hydrogens (tertiary/aromatic N) is 2. The maximum atomic E-state index is 13.6. The molecule has 0 spiro atoms. The van der Waals surface area contributed by atoms with Crippen LogP contribution in [0.3, 0.4) is 0 Å². The Bertz CT molecular complexity index is 638. The van der Waals surface area contributed by atoms with E-state index in [2.05, 4.69) is 5.10 Å². The molecule has 0 unspecified atom stereocenters. The van der Waals surface area contributed by atoms with Gasteiger partial charge in [0, 0.05) is 11.3 Å². The fourth-order valence-corrected chi connectivity index (χ4v) is 1.80. The van der Waals surface area contributed by atoms with Crippen LogP contribution in [0.2, 0.25) is 0 Å². The summed E-state index contributed by atoms with van der Waals surface area (Å²) >= 11 is 0. The van der Waals surface area contributed by atoms with Crippen LogP contribution in [-0.2, 0) is 11.3 Å². The van der Waals surface area contributed by atoms with Crippen molar-refractivity contribution in [3.63, 3.8) is 0 Å². The first-order chi connectivity index (χ1) is 9.51. The zero-order valence-corrected chi connectivity index (χ0v) is 11.2. The molecule has 0 amide bonds. The van der Waals surface area contributed by atoms with Gasteiger partial charge in [0.1, 0.15) is 11.6 Å². The summed E-state index contributed by atoms with van der Waals surface area (Å²) in [6, 6.07) is 4.78. The quantitative estimate of drug-likeness (QED) is 0.809. The normalized spacial score (nSPS) is 10.6. The van der Waals surface area contributed by atoms with Crippen molar-refractivity contribution in [2.75, 3.05) is 6.61 Å². The van der Waals surface area contributed by atoms with Crippen LogP contribution >= 0.6 is 0 Å². The van der Waals surface area contributed by atoms with E-state index in [0.717, 1.165) is 18.2 Å². The molecule has 0 fully saturated rings. The predicted molar refractivity (Wildman–Crippen MR) is 68.4 cm³/mol. The van der Waals surface area contributed by atoms with Gasteiger partial charge in [0.2, 0.25) is 0 Å². The van der Waals surface area contributed by atoms with Crippen molar-refractivity contribution in [2.45, 2.75) is 20.4 Å². The highest BCUT2D eigenvalue weighted by Gasteiger charge is 2.14. The number of esters is 1. The minimum absolute atomic E-state index is 0.0504. The van der Waals surface area contributed by atoms with Gasteiger partial charge in [-0.15, -0.1) is 0 Å². The van der Waals surface area contributed by atoms with E-state index in [0.29, 0.717) is 5.69 Å². The molecule has 0 bridgehead atoms. The number of hydrogen-bond acceptors (Lipinski definition) is 3. The number of carbonyl (C=O) groups is 1. The number of rotatable bonds is 4. The number of halogens is 2. The number of aryl methyl sites for hydroxylation is 1. The zero-order chi connectivity index (χ0) is 14.7. The second kappa shape index (κ2) is 5.81. The van der Waals surface area contributed by atoms with Crippen LogP contribution in [0.25, 0.3) is 0 Å². The monoisotopic (exact) mass is 280 g/mol.